The van der Waals surface area contributed by atoms with Crippen LogP contribution in [0.5, 0.6) is 11.5 Å². The largest absolute Gasteiger partial charge is 0.493 e. The number of hydrogen-bond donors (Lipinski definition) is 0. The van der Waals surface area contributed by atoms with E-state index >= 15 is 0 Å². The zero-order valence-corrected chi connectivity index (χ0v) is 16.8. The molecule has 166 valence electrons. The summed E-state index contributed by atoms with van der Waals surface area (Å²) in [6, 6.07) is 7.43. The average molecular weight is 439 g/mol. The smallest absolute Gasteiger partial charge is 0.418 e. The molecule has 1 aliphatic rings. The van der Waals surface area contributed by atoms with Gasteiger partial charge in [-0.15, -0.1) is 0 Å². The third-order valence-electron chi connectivity index (χ3n) is 5.03. The zero-order valence-electron chi connectivity index (χ0n) is 16.8. The Labute approximate surface area is 175 Å². The van der Waals surface area contributed by atoms with Crippen molar-refractivity contribution in [1.29, 1.82) is 0 Å². The summed E-state index contributed by atoms with van der Waals surface area (Å²) >= 11 is 0. The number of hydrogen-bond acceptors (Lipinski definition) is 6. The molecule has 31 heavy (non-hydrogen) atoms. The maximum absolute atomic E-state index is 13.5. The van der Waals surface area contributed by atoms with E-state index in [9.17, 15) is 28.1 Å². The summed E-state index contributed by atoms with van der Waals surface area (Å²) in [6.45, 7) is 0.697. The van der Waals surface area contributed by atoms with Gasteiger partial charge in [-0.05, 0) is 24.3 Å². The van der Waals surface area contributed by atoms with Gasteiger partial charge in [0.15, 0.2) is 11.5 Å². The van der Waals surface area contributed by atoms with Crippen LogP contribution in [0.4, 0.5) is 24.5 Å². The highest BCUT2D eigenvalue weighted by molar-refractivity contribution is 5.95. The first kappa shape index (κ1) is 22.2. The Morgan fingerprint density at radius 3 is 2.19 bits per heavy atom. The molecular weight excluding hydrogens is 419 g/mol. The van der Waals surface area contributed by atoms with Crippen LogP contribution >= 0.6 is 0 Å². The molecule has 0 N–H and O–H groups in total. The van der Waals surface area contributed by atoms with Gasteiger partial charge in [-0.1, -0.05) is 0 Å². The molecule has 1 amide bonds. The second-order valence-corrected chi connectivity index (χ2v) is 6.81. The predicted molar refractivity (Wildman–Crippen MR) is 106 cm³/mol. The highest BCUT2D eigenvalue weighted by atomic mass is 19.4. The van der Waals surface area contributed by atoms with E-state index in [0.717, 1.165) is 12.1 Å². The molecule has 1 fully saturated rings. The quantitative estimate of drug-likeness (QED) is 0.523. The summed E-state index contributed by atoms with van der Waals surface area (Å²) in [7, 11) is 2.93. The molecule has 1 aliphatic heterocycles. The molecule has 0 spiro atoms. The summed E-state index contributed by atoms with van der Waals surface area (Å²) < 4.78 is 50.8. The molecule has 1 saturated heterocycles. The van der Waals surface area contributed by atoms with Crippen LogP contribution in [-0.4, -0.2) is 56.1 Å². The van der Waals surface area contributed by atoms with Crippen LogP contribution in [0.1, 0.15) is 15.9 Å². The second-order valence-electron chi connectivity index (χ2n) is 6.81. The van der Waals surface area contributed by atoms with Crippen molar-refractivity contribution < 1.29 is 32.4 Å². The number of rotatable bonds is 5. The van der Waals surface area contributed by atoms with Gasteiger partial charge in [-0.2, -0.15) is 13.2 Å². The molecule has 11 heteroatoms. The normalized spacial score (nSPS) is 14.4. The van der Waals surface area contributed by atoms with Crippen LogP contribution in [-0.2, 0) is 6.18 Å². The molecule has 0 atom stereocenters. The lowest BCUT2D eigenvalue weighted by Crippen LogP contribution is -2.49. The Hall–Kier alpha value is -3.50. The van der Waals surface area contributed by atoms with Crippen LogP contribution in [0.3, 0.4) is 0 Å². The number of ether oxygens (including phenoxy) is 2. The lowest BCUT2D eigenvalue weighted by Gasteiger charge is -2.37. The maximum atomic E-state index is 13.5. The van der Waals surface area contributed by atoms with E-state index in [1.165, 1.54) is 24.0 Å². The van der Waals surface area contributed by atoms with Crippen LogP contribution in [0.2, 0.25) is 0 Å². The van der Waals surface area contributed by atoms with E-state index in [0.29, 0.717) is 23.1 Å². The van der Waals surface area contributed by atoms with E-state index in [2.05, 4.69) is 0 Å². The van der Waals surface area contributed by atoms with Gasteiger partial charge in [0.25, 0.3) is 11.6 Å². The van der Waals surface area contributed by atoms with Gasteiger partial charge in [0.05, 0.1) is 24.7 Å². The number of nitrogens with zero attached hydrogens (tertiary/aromatic N) is 3. The minimum Gasteiger partial charge on any atom is -0.493 e. The predicted octanol–water partition coefficient (Wildman–Crippen LogP) is 3.59. The van der Waals surface area contributed by atoms with E-state index in [1.807, 2.05) is 0 Å². The summed E-state index contributed by atoms with van der Waals surface area (Å²) in [6.07, 6.45) is -4.74. The molecule has 8 nitrogen and oxygen atoms in total. The molecule has 2 aromatic carbocycles. The first-order valence-electron chi connectivity index (χ1n) is 9.27. The Kier molecular flexibility index (Phi) is 6.23. The van der Waals surface area contributed by atoms with E-state index in [-0.39, 0.29) is 37.8 Å². The summed E-state index contributed by atoms with van der Waals surface area (Å²) in [5.74, 6) is 0.592. The summed E-state index contributed by atoms with van der Waals surface area (Å²) in [5, 5.41) is 10.9. The number of nitro groups is 1. The van der Waals surface area contributed by atoms with Gasteiger partial charge in [0.1, 0.15) is 0 Å². The van der Waals surface area contributed by atoms with Gasteiger partial charge in [0.2, 0.25) is 0 Å². The SMILES string of the molecule is COc1ccc(C(=O)N2CCN(c3ccc([N+](=O)[O-])cc3C(F)(F)F)CC2)cc1OC. The third-order valence-corrected chi connectivity index (χ3v) is 5.03. The summed E-state index contributed by atoms with van der Waals surface area (Å²) in [5.41, 5.74) is -1.46. The van der Waals surface area contributed by atoms with Gasteiger partial charge >= 0.3 is 6.18 Å². The van der Waals surface area contributed by atoms with Crippen molar-refractivity contribution in [2.45, 2.75) is 6.18 Å². The van der Waals surface area contributed by atoms with Crippen molar-refractivity contribution in [2.24, 2.45) is 0 Å². The van der Waals surface area contributed by atoms with Gasteiger partial charge < -0.3 is 19.3 Å². The molecule has 3 rings (SSSR count). The number of halogens is 3. The number of carbonyl (C=O) groups excluding carboxylic acids is 1. The number of carbonyl (C=O) groups is 1. The fourth-order valence-corrected chi connectivity index (χ4v) is 3.44. The zero-order chi connectivity index (χ0) is 22.8. The third kappa shape index (κ3) is 4.65. The molecule has 0 aromatic heterocycles. The highest BCUT2D eigenvalue weighted by Gasteiger charge is 2.37. The lowest BCUT2D eigenvalue weighted by atomic mass is 10.1. The molecule has 0 saturated carbocycles. The first-order valence-corrected chi connectivity index (χ1v) is 9.27. The van der Waals surface area contributed by atoms with Gasteiger partial charge in [-0.25, -0.2) is 0 Å². The number of piperazine rings is 1. The monoisotopic (exact) mass is 439 g/mol. The van der Waals surface area contributed by atoms with E-state index in [4.69, 9.17) is 9.47 Å². The Balaban J connectivity index is 1.77. The van der Waals surface area contributed by atoms with Gasteiger partial charge in [-0.3, -0.25) is 14.9 Å². The van der Waals surface area contributed by atoms with Gasteiger partial charge in [0, 0.05) is 49.6 Å². The fraction of sp³-hybridized carbons (Fsp3) is 0.350. The second kappa shape index (κ2) is 8.70. The first-order chi connectivity index (χ1) is 14.7. The van der Waals surface area contributed by atoms with Crippen LogP contribution in [0.25, 0.3) is 0 Å². The standard InChI is InChI=1S/C20H20F3N3O5/c1-30-17-6-3-13(11-18(17)31-2)19(27)25-9-7-24(8-10-25)16-5-4-14(26(28)29)12-15(16)20(21,22)23/h3-6,11-12H,7-10H2,1-2H3. The van der Waals surface area contributed by atoms with Crippen molar-refractivity contribution in [3.8, 4) is 11.5 Å². The summed E-state index contributed by atoms with van der Waals surface area (Å²) in [4.78, 5) is 25.8. The maximum Gasteiger partial charge on any atom is 0.418 e. The number of non-ortho nitro benzene ring substituents is 1. The molecule has 2 aromatic rings. The number of amides is 1. The molecule has 0 unspecified atom stereocenters. The van der Waals surface area contributed by atoms with Crippen molar-refractivity contribution in [1.82, 2.24) is 4.90 Å². The van der Waals surface area contributed by atoms with E-state index in [1.54, 1.807) is 18.2 Å². The Bertz CT molecular complexity index is 989. The number of methoxy groups -OCH3 is 2. The van der Waals surface area contributed by atoms with Crippen molar-refractivity contribution >= 4 is 17.3 Å². The minimum atomic E-state index is -4.74. The van der Waals surface area contributed by atoms with Crippen LogP contribution in [0, 0.1) is 10.1 Å². The van der Waals surface area contributed by atoms with Crippen LogP contribution in [0.15, 0.2) is 36.4 Å². The highest BCUT2D eigenvalue weighted by Crippen LogP contribution is 2.39. The lowest BCUT2D eigenvalue weighted by molar-refractivity contribution is -0.385. The van der Waals surface area contributed by atoms with Crippen molar-refractivity contribution in [3.05, 3.63) is 57.6 Å². The Morgan fingerprint density at radius 1 is 1.00 bits per heavy atom. The minimum absolute atomic E-state index is 0.142. The number of alkyl halides is 3. The molecule has 0 bridgehead atoms. The number of anilines is 1. The number of nitro benzene ring substituents is 1. The van der Waals surface area contributed by atoms with Crippen molar-refractivity contribution in [3.63, 3.8) is 0 Å². The topological polar surface area (TPSA) is 85.2 Å². The molecular formula is C20H20F3N3O5. The molecule has 0 radical (unpaired) electrons. The average Bonchev–Trinajstić information content (AvgIpc) is 2.77. The van der Waals surface area contributed by atoms with E-state index < -0.39 is 22.4 Å². The fourth-order valence-electron chi connectivity index (χ4n) is 3.44. The van der Waals surface area contributed by atoms with Crippen LogP contribution < -0.4 is 14.4 Å². The number of benzene rings is 2. The Morgan fingerprint density at radius 2 is 1.65 bits per heavy atom. The van der Waals surface area contributed by atoms with Crippen molar-refractivity contribution in [2.75, 3.05) is 45.3 Å². The molecule has 0 aliphatic carbocycles. The molecule has 1 heterocycles.